The van der Waals surface area contributed by atoms with Gasteiger partial charge in [-0.25, -0.2) is 0 Å². The molecule has 1 aromatic carbocycles. The van der Waals surface area contributed by atoms with Gasteiger partial charge in [0.15, 0.2) is 5.17 Å². The van der Waals surface area contributed by atoms with Crippen LogP contribution in [0.5, 0.6) is 5.75 Å². The summed E-state index contributed by atoms with van der Waals surface area (Å²) in [6.07, 6.45) is 0.496. The van der Waals surface area contributed by atoms with E-state index < -0.39 is 0 Å². The molecule has 0 radical (unpaired) electrons. The predicted octanol–water partition coefficient (Wildman–Crippen LogP) is 2.40. The van der Waals surface area contributed by atoms with Crippen LogP contribution in [-0.4, -0.2) is 36.2 Å². The number of amidine groups is 1. The first-order valence-electron chi connectivity index (χ1n) is 6.02. The van der Waals surface area contributed by atoms with E-state index in [9.17, 15) is 4.79 Å². The molecule has 4 nitrogen and oxygen atoms in total. The number of ether oxygens (including phenoxy) is 1. The highest BCUT2D eigenvalue weighted by Gasteiger charge is 2.10. The Labute approximate surface area is 121 Å². The number of nitrogens with zero attached hydrogens (tertiary/aromatic N) is 1. The number of aliphatic imine (C=N–C) groups is 1. The van der Waals surface area contributed by atoms with E-state index in [1.165, 1.54) is 0 Å². The molecule has 2 rings (SSSR count). The van der Waals surface area contributed by atoms with Crippen LogP contribution in [0.15, 0.2) is 34.2 Å². The summed E-state index contributed by atoms with van der Waals surface area (Å²) in [5, 5.41) is 3.59. The lowest BCUT2D eigenvalue weighted by atomic mass is 10.3. The average molecular weight is 296 g/mol. The number of carbonyl (C=O) groups excluding carboxylic acids is 1. The molecule has 6 heteroatoms. The number of benzene rings is 1. The van der Waals surface area contributed by atoms with Crippen molar-refractivity contribution in [3.05, 3.63) is 24.3 Å². The Morgan fingerprint density at radius 3 is 2.89 bits per heavy atom. The highest BCUT2D eigenvalue weighted by atomic mass is 32.2. The molecule has 1 aromatic rings. The van der Waals surface area contributed by atoms with Gasteiger partial charge in [0.1, 0.15) is 5.75 Å². The van der Waals surface area contributed by atoms with E-state index in [1.54, 1.807) is 30.6 Å². The van der Waals surface area contributed by atoms with Crippen LogP contribution in [0.3, 0.4) is 0 Å². The number of nitrogens with one attached hydrogen (secondary N) is 1. The molecule has 19 heavy (non-hydrogen) atoms. The van der Waals surface area contributed by atoms with Gasteiger partial charge in [-0.3, -0.25) is 9.79 Å². The van der Waals surface area contributed by atoms with Gasteiger partial charge < -0.3 is 10.1 Å². The fourth-order valence-corrected chi connectivity index (χ4v) is 3.12. The number of methoxy groups -OCH3 is 1. The van der Waals surface area contributed by atoms with Crippen LogP contribution >= 0.6 is 23.5 Å². The Kier molecular flexibility index (Phi) is 5.60. The Bertz CT molecular complexity index is 460. The highest BCUT2D eigenvalue weighted by molar-refractivity contribution is 8.14. The zero-order chi connectivity index (χ0) is 13.5. The van der Waals surface area contributed by atoms with Crippen molar-refractivity contribution in [3.63, 3.8) is 0 Å². The minimum Gasteiger partial charge on any atom is -0.497 e. The summed E-state index contributed by atoms with van der Waals surface area (Å²) < 4.78 is 5.10. The standard InChI is InChI=1S/C13H16N2O2S2/c1-17-10-2-4-11(5-3-10)18-8-6-12(16)15-13-14-7-9-19-13/h2-5H,6-9H2,1H3,(H,14,15,16). The zero-order valence-electron chi connectivity index (χ0n) is 10.7. The zero-order valence-corrected chi connectivity index (χ0v) is 12.4. The molecule has 0 fully saturated rings. The van der Waals surface area contributed by atoms with Gasteiger partial charge in [0.2, 0.25) is 5.91 Å². The van der Waals surface area contributed by atoms with Gasteiger partial charge in [0.05, 0.1) is 13.7 Å². The van der Waals surface area contributed by atoms with Gasteiger partial charge in [-0.15, -0.1) is 11.8 Å². The summed E-state index contributed by atoms with van der Waals surface area (Å²) in [5.74, 6) is 2.61. The number of carbonyl (C=O) groups is 1. The van der Waals surface area contributed by atoms with Crippen LogP contribution in [-0.2, 0) is 4.79 Å². The van der Waals surface area contributed by atoms with Gasteiger partial charge in [-0.2, -0.15) is 0 Å². The third-order valence-corrected chi connectivity index (χ3v) is 4.39. The Morgan fingerprint density at radius 1 is 1.47 bits per heavy atom. The Balaban J connectivity index is 1.68. The van der Waals surface area contributed by atoms with Gasteiger partial charge in [0.25, 0.3) is 0 Å². The van der Waals surface area contributed by atoms with E-state index in [4.69, 9.17) is 4.74 Å². The number of thioether (sulfide) groups is 2. The van der Waals surface area contributed by atoms with Crippen molar-refractivity contribution in [3.8, 4) is 5.75 Å². The first kappa shape index (κ1) is 14.3. The molecule has 0 unspecified atom stereocenters. The number of hydrogen-bond acceptors (Lipinski definition) is 5. The fraction of sp³-hybridized carbons (Fsp3) is 0.385. The molecule has 0 saturated heterocycles. The molecule has 0 aromatic heterocycles. The molecule has 0 spiro atoms. The van der Waals surface area contributed by atoms with Crippen molar-refractivity contribution in [2.24, 2.45) is 4.99 Å². The van der Waals surface area contributed by atoms with Gasteiger partial charge in [-0.1, -0.05) is 11.8 Å². The molecular weight excluding hydrogens is 280 g/mol. The lowest BCUT2D eigenvalue weighted by molar-refractivity contribution is -0.119. The van der Waals surface area contributed by atoms with Crippen molar-refractivity contribution in [2.45, 2.75) is 11.3 Å². The second-order valence-corrected chi connectivity index (χ2v) is 6.11. The van der Waals surface area contributed by atoms with Crippen molar-refractivity contribution in [2.75, 3.05) is 25.2 Å². The van der Waals surface area contributed by atoms with Crippen LogP contribution in [0.4, 0.5) is 0 Å². The van der Waals surface area contributed by atoms with Crippen LogP contribution in [0, 0.1) is 0 Å². The summed E-state index contributed by atoms with van der Waals surface area (Å²) >= 11 is 3.26. The minimum atomic E-state index is 0.0363. The monoisotopic (exact) mass is 296 g/mol. The van der Waals surface area contributed by atoms with Crippen LogP contribution in [0.1, 0.15) is 6.42 Å². The Hall–Kier alpha value is -1.14. The van der Waals surface area contributed by atoms with E-state index in [-0.39, 0.29) is 5.91 Å². The normalized spacial score (nSPS) is 14.1. The molecular formula is C13H16N2O2S2. The first-order valence-corrected chi connectivity index (χ1v) is 7.99. The number of hydrogen-bond donors (Lipinski definition) is 1. The largest absolute Gasteiger partial charge is 0.497 e. The van der Waals surface area contributed by atoms with Crippen molar-refractivity contribution < 1.29 is 9.53 Å². The topological polar surface area (TPSA) is 50.7 Å². The molecule has 0 aliphatic carbocycles. The van der Waals surface area contributed by atoms with Gasteiger partial charge in [0, 0.05) is 22.8 Å². The van der Waals surface area contributed by atoms with Gasteiger partial charge in [-0.05, 0) is 24.3 Å². The average Bonchev–Trinajstić information content (AvgIpc) is 2.92. The molecule has 102 valence electrons. The second kappa shape index (κ2) is 7.45. The summed E-state index contributed by atoms with van der Waals surface area (Å²) in [6, 6.07) is 7.84. The third-order valence-electron chi connectivity index (χ3n) is 2.49. The second-order valence-electron chi connectivity index (χ2n) is 3.86. The lowest BCUT2D eigenvalue weighted by Gasteiger charge is -2.05. The summed E-state index contributed by atoms with van der Waals surface area (Å²) in [4.78, 5) is 17.0. The van der Waals surface area contributed by atoms with Crippen LogP contribution in [0.25, 0.3) is 0 Å². The van der Waals surface area contributed by atoms with E-state index in [0.717, 1.165) is 33.9 Å². The number of rotatable bonds is 5. The third kappa shape index (κ3) is 4.80. The lowest BCUT2D eigenvalue weighted by Crippen LogP contribution is -2.27. The maximum absolute atomic E-state index is 11.7. The van der Waals surface area contributed by atoms with E-state index >= 15 is 0 Å². The van der Waals surface area contributed by atoms with Crippen LogP contribution in [0.2, 0.25) is 0 Å². The number of amides is 1. The fourth-order valence-electron chi connectivity index (χ4n) is 1.53. The highest BCUT2D eigenvalue weighted by Crippen LogP contribution is 2.21. The molecule has 1 amide bonds. The maximum atomic E-state index is 11.7. The van der Waals surface area contributed by atoms with Crippen molar-refractivity contribution >= 4 is 34.6 Å². The maximum Gasteiger partial charge on any atom is 0.226 e. The SMILES string of the molecule is COc1ccc(SCCC(=O)NC2=NCCS2)cc1. The quantitative estimate of drug-likeness (QED) is 0.848. The Morgan fingerprint density at radius 2 is 2.26 bits per heavy atom. The summed E-state index contributed by atoms with van der Waals surface area (Å²) in [6.45, 7) is 0.806. The van der Waals surface area contributed by atoms with Crippen molar-refractivity contribution in [1.82, 2.24) is 5.32 Å². The predicted molar refractivity (Wildman–Crippen MR) is 81.2 cm³/mol. The molecule has 1 N–H and O–H groups in total. The summed E-state index contributed by atoms with van der Waals surface area (Å²) in [5.41, 5.74) is 0. The van der Waals surface area contributed by atoms with Gasteiger partial charge >= 0.3 is 0 Å². The van der Waals surface area contributed by atoms with E-state index in [2.05, 4.69) is 10.3 Å². The van der Waals surface area contributed by atoms with Crippen LogP contribution < -0.4 is 10.1 Å². The molecule has 1 aliphatic heterocycles. The summed E-state index contributed by atoms with van der Waals surface area (Å²) in [7, 11) is 1.65. The van der Waals surface area contributed by atoms with Crippen molar-refractivity contribution in [1.29, 1.82) is 0 Å². The molecule has 1 heterocycles. The molecule has 1 aliphatic rings. The first-order chi connectivity index (χ1) is 9.28. The molecule has 0 atom stereocenters. The molecule has 0 bridgehead atoms. The van der Waals surface area contributed by atoms with E-state index in [1.807, 2.05) is 24.3 Å². The van der Waals surface area contributed by atoms with E-state index in [0.29, 0.717) is 6.42 Å². The smallest absolute Gasteiger partial charge is 0.226 e. The minimum absolute atomic E-state index is 0.0363. The molecule has 0 saturated carbocycles.